The first-order valence-corrected chi connectivity index (χ1v) is 19.8. The summed E-state index contributed by atoms with van der Waals surface area (Å²) in [4.78, 5) is 4.97. The Kier molecular flexibility index (Phi) is 6.98. The van der Waals surface area contributed by atoms with Crippen molar-refractivity contribution in [2.24, 2.45) is 0 Å². The second kappa shape index (κ2) is 11.9. The van der Waals surface area contributed by atoms with E-state index in [-0.39, 0.29) is 10.8 Å². The van der Waals surface area contributed by atoms with Gasteiger partial charge in [-0.05, 0) is 103 Å². The number of hydrogen-bond acceptors (Lipinski definition) is 2. The van der Waals surface area contributed by atoms with E-state index in [1.165, 1.54) is 94.1 Å². The van der Waals surface area contributed by atoms with Crippen LogP contribution in [-0.2, 0) is 10.8 Å². The number of fused-ring (bicyclic) bond motifs is 7. The summed E-state index contributed by atoms with van der Waals surface area (Å²) in [7, 11) is 0. The van der Waals surface area contributed by atoms with Gasteiger partial charge in [0.2, 0.25) is 0 Å². The Morgan fingerprint density at radius 1 is 0.375 bits per heavy atom. The van der Waals surface area contributed by atoms with Gasteiger partial charge in [-0.15, -0.1) is 0 Å². The van der Waals surface area contributed by atoms with Gasteiger partial charge in [0.15, 0.2) is 0 Å². The highest BCUT2D eigenvalue weighted by atomic mass is 15.2. The molecule has 0 saturated heterocycles. The fourth-order valence-corrected chi connectivity index (χ4v) is 9.83. The van der Waals surface area contributed by atoms with E-state index >= 15 is 0 Å². The van der Waals surface area contributed by atoms with Crippen LogP contribution in [0.15, 0.2) is 182 Å². The normalized spacial score (nSPS) is 14.7. The van der Waals surface area contributed by atoms with Crippen LogP contribution in [0.2, 0.25) is 0 Å². The van der Waals surface area contributed by atoms with Gasteiger partial charge < -0.3 is 9.80 Å². The van der Waals surface area contributed by atoms with Crippen LogP contribution in [0.5, 0.6) is 0 Å². The molecule has 56 heavy (non-hydrogen) atoms. The van der Waals surface area contributed by atoms with E-state index in [9.17, 15) is 0 Å². The van der Waals surface area contributed by atoms with Crippen molar-refractivity contribution in [1.29, 1.82) is 0 Å². The number of hydrogen-bond donors (Lipinski definition) is 0. The zero-order chi connectivity index (χ0) is 37.8. The molecule has 2 nitrogen and oxygen atoms in total. The summed E-state index contributed by atoms with van der Waals surface area (Å²) < 4.78 is 0. The molecule has 2 heteroatoms. The van der Waals surface area contributed by atoms with Crippen molar-refractivity contribution in [3.63, 3.8) is 0 Å². The van der Waals surface area contributed by atoms with Gasteiger partial charge in [0.25, 0.3) is 0 Å². The lowest BCUT2D eigenvalue weighted by Gasteiger charge is -2.49. The van der Waals surface area contributed by atoms with Gasteiger partial charge in [-0.25, -0.2) is 0 Å². The molecule has 9 aromatic carbocycles. The predicted molar refractivity (Wildman–Crippen MR) is 238 cm³/mol. The molecule has 11 rings (SSSR count). The van der Waals surface area contributed by atoms with E-state index in [2.05, 4.69) is 219 Å². The Morgan fingerprint density at radius 3 is 1.59 bits per heavy atom. The van der Waals surface area contributed by atoms with Crippen LogP contribution in [0, 0.1) is 0 Å². The second-order valence-corrected chi connectivity index (χ2v) is 16.6. The summed E-state index contributed by atoms with van der Waals surface area (Å²) in [6.07, 6.45) is 0. The molecule has 0 amide bonds. The fourth-order valence-electron chi connectivity index (χ4n) is 9.83. The Balaban J connectivity index is 1.04. The molecule has 0 saturated carbocycles. The van der Waals surface area contributed by atoms with Crippen LogP contribution in [0.1, 0.15) is 49.9 Å². The van der Waals surface area contributed by atoms with E-state index in [1.807, 2.05) is 0 Å². The van der Waals surface area contributed by atoms with Crippen molar-refractivity contribution < 1.29 is 0 Å². The molecule has 2 aliphatic rings. The van der Waals surface area contributed by atoms with Crippen LogP contribution in [0.3, 0.4) is 0 Å². The van der Waals surface area contributed by atoms with Crippen LogP contribution in [0.4, 0.5) is 34.1 Å². The van der Waals surface area contributed by atoms with Crippen LogP contribution >= 0.6 is 0 Å². The zero-order valence-electron chi connectivity index (χ0n) is 32.2. The van der Waals surface area contributed by atoms with Crippen LogP contribution < -0.4 is 9.80 Å². The Hall–Kier alpha value is -6.64. The van der Waals surface area contributed by atoms with Crippen molar-refractivity contribution in [1.82, 2.24) is 0 Å². The smallest absolute Gasteiger partial charge is 0.0543 e. The largest absolute Gasteiger partial charge is 0.309 e. The minimum Gasteiger partial charge on any atom is -0.309 e. The highest BCUT2D eigenvalue weighted by Gasteiger charge is 2.45. The van der Waals surface area contributed by atoms with E-state index in [0.29, 0.717) is 0 Å². The molecule has 0 N–H and O–H groups in total. The lowest BCUT2D eigenvalue weighted by molar-refractivity contribution is 0.597. The first-order chi connectivity index (χ1) is 27.3. The Bertz CT molecular complexity index is 2970. The van der Waals surface area contributed by atoms with Crippen LogP contribution in [-0.4, -0.2) is 0 Å². The van der Waals surface area contributed by atoms with Gasteiger partial charge in [-0.3, -0.25) is 0 Å². The molecule has 2 aliphatic heterocycles. The van der Waals surface area contributed by atoms with Gasteiger partial charge in [0.1, 0.15) is 0 Å². The maximum atomic E-state index is 2.54. The van der Waals surface area contributed by atoms with Crippen LogP contribution in [0.25, 0.3) is 43.4 Å². The monoisotopic (exact) mass is 718 g/mol. The number of rotatable bonds is 4. The van der Waals surface area contributed by atoms with Gasteiger partial charge in [-0.2, -0.15) is 0 Å². The summed E-state index contributed by atoms with van der Waals surface area (Å²) in [5.74, 6) is 0. The molecule has 0 atom stereocenters. The Labute approximate surface area is 328 Å². The average molecular weight is 719 g/mol. The standard InChI is InChI=1S/C54H42N2/c1-53(2)44-20-9-10-23-50(44)56-51-31-29-40(34-47(51)54(3,4)46-22-13-21-45(53)52(46)56)37-26-27-39-33-41(30-28-38(39)32-37)55(48-24-11-16-35-14-5-7-18-42(35)48)49-25-12-17-36-15-6-8-19-43(36)49/h5-34H,1-4H3. The lowest BCUT2D eigenvalue weighted by Crippen LogP contribution is -2.38. The van der Waals surface area contributed by atoms with Gasteiger partial charge >= 0.3 is 0 Å². The molecule has 0 spiro atoms. The minimum atomic E-state index is -0.173. The number of benzene rings is 9. The zero-order valence-corrected chi connectivity index (χ0v) is 32.2. The van der Waals surface area contributed by atoms with Gasteiger partial charge in [0.05, 0.1) is 28.4 Å². The summed E-state index contributed by atoms with van der Waals surface area (Å²) in [6.45, 7) is 9.54. The Morgan fingerprint density at radius 2 is 0.875 bits per heavy atom. The highest BCUT2D eigenvalue weighted by molar-refractivity contribution is 6.06. The first kappa shape index (κ1) is 32.8. The molecule has 0 bridgehead atoms. The third-order valence-corrected chi connectivity index (χ3v) is 12.8. The molecule has 2 heterocycles. The number of anilines is 6. The summed E-state index contributed by atoms with van der Waals surface area (Å²) in [5.41, 5.74) is 15.1. The minimum absolute atomic E-state index is 0.0856. The molecule has 268 valence electrons. The van der Waals surface area contributed by atoms with E-state index < -0.39 is 0 Å². The average Bonchev–Trinajstić information content (AvgIpc) is 3.23. The second-order valence-electron chi connectivity index (χ2n) is 16.6. The van der Waals surface area contributed by atoms with Crippen molar-refractivity contribution in [2.75, 3.05) is 9.80 Å². The summed E-state index contributed by atoms with van der Waals surface area (Å²) in [5, 5.41) is 7.34. The van der Waals surface area contributed by atoms with Crippen molar-refractivity contribution in [2.45, 2.75) is 38.5 Å². The van der Waals surface area contributed by atoms with Crippen molar-refractivity contribution in [3.05, 3.63) is 204 Å². The molecule has 0 radical (unpaired) electrons. The number of para-hydroxylation sites is 2. The van der Waals surface area contributed by atoms with Crippen molar-refractivity contribution in [3.8, 4) is 11.1 Å². The molecule has 0 fully saturated rings. The maximum absolute atomic E-state index is 2.54. The number of nitrogens with zero attached hydrogens (tertiary/aromatic N) is 2. The third-order valence-electron chi connectivity index (χ3n) is 12.8. The van der Waals surface area contributed by atoms with E-state index in [1.54, 1.807) is 0 Å². The van der Waals surface area contributed by atoms with E-state index in [0.717, 1.165) is 5.69 Å². The third kappa shape index (κ3) is 4.69. The van der Waals surface area contributed by atoms with Gasteiger partial charge in [-0.1, -0.05) is 161 Å². The fraction of sp³-hybridized carbons (Fsp3) is 0.111. The quantitative estimate of drug-likeness (QED) is 0.179. The first-order valence-electron chi connectivity index (χ1n) is 19.8. The predicted octanol–water partition coefficient (Wildman–Crippen LogP) is 15.0. The topological polar surface area (TPSA) is 6.48 Å². The molecular formula is C54H42N2. The lowest BCUT2D eigenvalue weighted by atomic mass is 9.66. The maximum Gasteiger partial charge on any atom is 0.0543 e. The molecule has 9 aromatic rings. The van der Waals surface area contributed by atoms with E-state index in [4.69, 9.17) is 0 Å². The van der Waals surface area contributed by atoms with Gasteiger partial charge in [0, 0.05) is 27.3 Å². The summed E-state index contributed by atoms with van der Waals surface area (Å²) in [6, 6.07) is 67.6. The SMILES string of the molecule is CC1(C)c2ccccc2N2c3ccc(-c4ccc5cc(N(c6cccc7ccccc67)c6cccc7ccccc67)ccc5c4)cc3C(C)(C)c3cccc1c32. The molecule has 0 aliphatic carbocycles. The molecule has 0 unspecified atom stereocenters. The summed E-state index contributed by atoms with van der Waals surface area (Å²) >= 11 is 0. The molecular weight excluding hydrogens is 677 g/mol. The molecule has 0 aromatic heterocycles. The highest BCUT2D eigenvalue weighted by Crippen LogP contribution is 2.60. The van der Waals surface area contributed by atoms with Crippen molar-refractivity contribution >= 4 is 66.4 Å².